The van der Waals surface area contributed by atoms with Crippen molar-refractivity contribution >= 4 is 33.7 Å². The van der Waals surface area contributed by atoms with E-state index < -0.39 is 0 Å². The Hall–Kier alpha value is -2.16. The lowest BCUT2D eigenvalue weighted by Crippen LogP contribution is -2.36. The number of benzene rings is 1. The average Bonchev–Trinajstić information content (AvgIpc) is 3.30. The Balaban J connectivity index is 1.43. The molecule has 2 aromatic heterocycles. The molecule has 1 fully saturated rings. The number of thiazole rings is 2. The Morgan fingerprint density at radius 3 is 2.83 bits per heavy atom. The van der Waals surface area contributed by atoms with E-state index in [1.165, 1.54) is 54.1 Å². The summed E-state index contributed by atoms with van der Waals surface area (Å²) in [5.41, 5.74) is 1.46. The van der Waals surface area contributed by atoms with Gasteiger partial charge in [-0.2, -0.15) is 0 Å². The number of nitrogens with one attached hydrogen (secondary N) is 1. The van der Waals surface area contributed by atoms with Crippen molar-refractivity contribution in [1.29, 1.82) is 0 Å². The molecule has 8 heteroatoms. The lowest BCUT2D eigenvalue weighted by atomic mass is 10.0. The Labute approximate surface area is 177 Å². The fourth-order valence-corrected chi connectivity index (χ4v) is 5.31. The summed E-state index contributed by atoms with van der Waals surface area (Å²) < 4.78 is 13.1. The molecular formula is C21H23FN4OS2. The Morgan fingerprint density at radius 2 is 2.07 bits per heavy atom. The molecule has 1 aliphatic heterocycles. The number of piperidine rings is 1. The number of nitrogens with zero attached hydrogens (tertiary/aromatic N) is 3. The minimum Gasteiger partial charge on any atom is -0.297 e. The van der Waals surface area contributed by atoms with Crippen LogP contribution in [0.5, 0.6) is 0 Å². The summed E-state index contributed by atoms with van der Waals surface area (Å²) >= 11 is 2.82. The molecule has 0 aliphatic carbocycles. The van der Waals surface area contributed by atoms with Gasteiger partial charge in [0.25, 0.3) is 5.91 Å². The Bertz CT molecular complexity index is 999. The molecule has 1 N–H and O–H groups in total. The van der Waals surface area contributed by atoms with Crippen LogP contribution in [-0.4, -0.2) is 33.4 Å². The molecular weight excluding hydrogens is 407 g/mol. The number of rotatable bonds is 5. The molecule has 3 aromatic rings. The number of likely N-dealkylation sites (tertiary alicyclic amines) is 1. The summed E-state index contributed by atoms with van der Waals surface area (Å²) in [6.07, 6.45) is 5.64. The fraction of sp³-hybridized carbons (Fsp3) is 0.381. The van der Waals surface area contributed by atoms with Crippen molar-refractivity contribution in [2.45, 2.75) is 45.7 Å². The zero-order chi connectivity index (χ0) is 20.4. The summed E-state index contributed by atoms with van der Waals surface area (Å²) in [6, 6.07) is 6.72. The zero-order valence-corrected chi connectivity index (χ0v) is 18.1. The summed E-state index contributed by atoms with van der Waals surface area (Å²) in [7, 11) is 0. The fourth-order valence-electron chi connectivity index (χ4n) is 3.51. The topological polar surface area (TPSA) is 58.1 Å². The van der Waals surface area contributed by atoms with Crippen molar-refractivity contribution in [3.05, 3.63) is 51.7 Å². The van der Waals surface area contributed by atoms with Crippen LogP contribution >= 0.6 is 22.7 Å². The van der Waals surface area contributed by atoms with Gasteiger partial charge in [-0.15, -0.1) is 22.7 Å². The highest BCUT2D eigenvalue weighted by atomic mass is 32.1. The normalized spacial score (nSPS) is 17.4. The van der Waals surface area contributed by atoms with Crippen molar-refractivity contribution in [3.63, 3.8) is 0 Å². The van der Waals surface area contributed by atoms with Gasteiger partial charge in [-0.05, 0) is 57.5 Å². The van der Waals surface area contributed by atoms with Crippen LogP contribution in [0.2, 0.25) is 0 Å². The number of amides is 1. The number of carbonyl (C=O) groups excluding carboxylic acids is 1. The number of carbonyl (C=O) groups is 1. The third kappa shape index (κ3) is 4.71. The largest absolute Gasteiger partial charge is 0.297 e. The molecule has 29 heavy (non-hydrogen) atoms. The van der Waals surface area contributed by atoms with Crippen LogP contribution in [0.4, 0.5) is 9.52 Å². The molecule has 1 aliphatic rings. The summed E-state index contributed by atoms with van der Waals surface area (Å²) in [5, 5.41) is 4.21. The molecule has 1 unspecified atom stereocenters. The van der Waals surface area contributed by atoms with Gasteiger partial charge in [0.05, 0.1) is 5.69 Å². The minimum atomic E-state index is -0.293. The molecule has 0 saturated carbocycles. The lowest BCUT2D eigenvalue weighted by Gasteiger charge is -2.32. The van der Waals surface area contributed by atoms with Gasteiger partial charge in [0.1, 0.15) is 15.7 Å². The predicted octanol–water partition coefficient (Wildman–Crippen LogP) is 5.34. The highest BCUT2D eigenvalue weighted by Crippen LogP contribution is 2.30. The summed E-state index contributed by atoms with van der Waals surface area (Å²) in [5.74, 6) is -0.501. The van der Waals surface area contributed by atoms with E-state index in [0.717, 1.165) is 23.5 Å². The molecule has 0 radical (unpaired) electrons. The number of aromatic nitrogens is 2. The number of hydrogen-bond acceptors (Lipinski definition) is 6. The summed E-state index contributed by atoms with van der Waals surface area (Å²) in [4.78, 5) is 25.8. The van der Waals surface area contributed by atoms with Crippen molar-refractivity contribution < 1.29 is 9.18 Å². The van der Waals surface area contributed by atoms with E-state index in [4.69, 9.17) is 0 Å². The summed E-state index contributed by atoms with van der Waals surface area (Å²) in [6.45, 7) is 6.08. The first-order valence-corrected chi connectivity index (χ1v) is 11.4. The van der Waals surface area contributed by atoms with Gasteiger partial charge in [0.2, 0.25) is 0 Å². The SMILES string of the molecule is Cc1nc(-c2ccc(F)cc2)sc1C(=O)Nc1ncc(CN2CCCCC2C)s1. The second-order valence-corrected chi connectivity index (χ2v) is 9.46. The molecule has 1 aromatic carbocycles. The number of hydrogen-bond donors (Lipinski definition) is 1. The Morgan fingerprint density at radius 1 is 1.28 bits per heavy atom. The zero-order valence-electron chi connectivity index (χ0n) is 16.4. The highest BCUT2D eigenvalue weighted by molar-refractivity contribution is 7.17. The quantitative estimate of drug-likeness (QED) is 0.593. The van der Waals surface area contributed by atoms with Gasteiger partial charge >= 0.3 is 0 Å². The van der Waals surface area contributed by atoms with Gasteiger partial charge in [-0.1, -0.05) is 6.42 Å². The third-order valence-electron chi connectivity index (χ3n) is 5.17. The second kappa shape index (κ2) is 8.69. The first-order valence-electron chi connectivity index (χ1n) is 9.73. The van der Waals surface area contributed by atoms with Gasteiger partial charge in [-0.3, -0.25) is 15.0 Å². The molecule has 0 spiro atoms. The van der Waals surface area contributed by atoms with Crippen molar-refractivity contribution in [1.82, 2.24) is 14.9 Å². The molecule has 0 bridgehead atoms. The molecule has 4 rings (SSSR count). The predicted molar refractivity (Wildman–Crippen MR) is 116 cm³/mol. The number of aryl methyl sites for hydroxylation is 1. The van der Waals surface area contributed by atoms with Crippen LogP contribution in [0.1, 0.15) is 46.4 Å². The first kappa shape index (κ1) is 20.1. The first-order chi connectivity index (χ1) is 14.0. The maximum absolute atomic E-state index is 13.1. The van der Waals surface area contributed by atoms with Gasteiger partial charge in [-0.25, -0.2) is 14.4 Å². The van der Waals surface area contributed by atoms with Crippen LogP contribution in [0.15, 0.2) is 30.5 Å². The van der Waals surface area contributed by atoms with E-state index in [-0.39, 0.29) is 11.7 Å². The highest BCUT2D eigenvalue weighted by Gasteiger charge is 2.20. The molecule has 152 valence electrons. The molecule has 1 saturated heterocycles. The van der Waals surface area contributed by atoms with Crippen LogP contribution in [-0.2, 0) is 6.54 Å². The van der Waals surface area contributed by atoms with Gasteiger partial charge in [0, 0.05) is 29.2 Å². The standard InChI is InChI=1S/C21H23FN4OS2/c1-13-5-3-4-10-26(13)12-17-11-23-21(28-17)25-19(27)18-14(2)24-20(29-18)15-6-8-16(22)9-7-15/h6-9,11,13H,3-5,10,12H2,1-2H3,(H,23,25,27). The van der Waals surface area contributed by atoms with E-state index in [9.17, 15) is 9.18 Å². The van der Waals surface area contributed by atoms with Crippen molar-refractivity contribution in [3.8, 4) is 10.6 Å². The van der Waals surface area contributed by atoms with E-state index >= 15 is 0 Å². The molecule has 5 nitrogen and oxygen atoms in total. The monoisotopic (exact) mass is 430 g/mol. The van der Waals surface area contributed by atoms with E-state index in [0.29, 0.717) is 26.8 Å². The van der Waals surface area contributed by atoms with Crippen LogP contribution in [0.25, 0.3) is 10.6 Å². The number of anilines is 1. The molecule has 1 amide bonds. The van der Waals surface area contributed by atoms with Gasteiger partial charge in [0.15, 0.2) is 5.13 Å². The number of halogens is 1. The van der Waals surface area contributed by atoms with Crippen LogP contribution in [0, 0.1) is 12.7 Å². The van der Waals surface area contributed by atoms with E-state index in [2.05, 4.69) is 27.1 Å². The lowest BCUT2D eigenvalue weighted by molar-refractivity contribution is 0.103. The average molecular weight is 431 g/mol. The minimum absolute atomic E-state index is 0.208. The van der Waals surface area contributed by atoms with Crippen LogP contribution < -0.4 is 5.32 Å². The molecule has 3 heterocycles. The van der Waals surface area contributed by atoms with Crippen molar-refractivity contribution in [2.24, 2.45) is 0 Å². The smallest absolute Gasteiger partial charge is 0.269 e. The van der Waals surface area contributed by atoms with Gasteiger partial charge < -0.3 is 0 Å². The molecule has 1 atom stereocenters. The van der Waals surface area contributed by atoms with E-state index in [1.54, 1.807) is 12.1 Å². The maximum Gasteiger partial charge on any atom is 0.269 e. The van der Waals surface area contributed by atoms with Crippen molar-refractivity contribution in [2.75, 3.05) is 11.9 Å². The third-order valence-corrected chi connectivity index (χ3v) is 7.27. The van der Waals surface area contributed by atoms with E-state index in [1.807, 2.05) is 13.1 Å². The van der Waals surface area contributed by atoms with Crippen LogP contribution in [0.3, 0.4) is 0 Å². The second-order valence-electron chi connectivity index (χ2n) is 7.34. The maximum atomic E-state index is 13.1. The Kier molecular flexibility index (Phi) is 6.03.